The van der Waals surface area contributed by atoms with Crippen molar-refractivity contribution in [3.63, 3.8) is 0 Å². The van der Waals surface area contributed by atoms with Crippen LogP contribution in [0.5, 0.6) is 11.5 Å². The molecule has 2 radical (unpaired) electrons. The number of hydrogen-bond donors (Lipinski definition) is 16. The van der Waals surface area contributed by atoms with E-state index in [0.717, 1.165) is 89.0 Å². The summed E-state index contributed by atoms with van der Waals surface area (Å²) < 4.78 is 144. The molecular weight excluding hydrogens is 1190 g/mol. The predicted octanol–water partition coefficient (Wildman–Crippen LogP) is 2.92. The second-order valence-electron chi connectivity index (χ2n) is 14.9. The number of hydrazone groups is 2. The van der Waals surface area contributed by atoms with Crippen molar-refractivity contribution in [2.45, 2.75) is 9.79 Å². The number of quaternary nitrogens is 4. The van der Waals surface area contributed by atoms with Crippen LogP contribution in [0.1, 0.15) is 31.8 Å². The third-order valence-electron chi connectivity index (χ3n) is 10.0. The minimum atomic E-state index is -5.19. The number of nitrogen functional groups attached to an aromatic ring is 2. The van der Waals surface area contributed by atoms with Gasteiger partial charge in [-0.25, -0.2) is 0 Å². The number of fused-ring (bicyclic) bond motifs is 2. The number of morpholine rings is 2. The Morgan fingerprint density at radius 2 is 0.816 bits per heavy atom. The Morgan fingerprint density at radius 3 is 1.05 bits per heavy atom. The maximum Gasteiger partial charge on any atom is 0.296 e. The molecular formula is C40H58Cu2N12O18S4+4. The normalized spacial score (nSPS) is 16.1. The van der Waals surface area contributed by atoms with E-state index >= 15 is 0 Å². The van der Waals surface area contributed by atoms with E-state index in [9.17, 15) is 71.7 Å². The number of phenolic OH excluding ortho intramolecular Hbond substituents is 2. The molecule has 4 aromatic carbocycles. The molecule has 4 aromatic rings. The predicted molar refractivity (Wildman–Crippen MR) is 278 cm³/mol. The number of phenols is 2. The zero-order valence-corrected chi connectivity index (χ0v) is 45.6. The van der Waals surface area contributed by atoms with Gasteiger partial charge in [0, 0.05) is 71.7 Å². The molecule has 0 bridgehead atoms. The quantitative estimate of drug-likeness (QED) is 0.0376. The summed E-state index contributed by atoms with van der Waals surface area (Å²) in [6, 6.07) is 10.5. The maximum absolute atomic E-state index is 13.3. The van der Waals surface area contributed by atoms with Crippen LogP contribution in [-0.2, 0) is 84.1 Å². The second kappa shape index (κ2) is 28.5. The van der Waals surface area contributed by atoms with Crippen molar-refractivity contribution in [2.75, 3.05) is 74.9 Å². The van der Waals surface area contributed by atoms with Gasteiger partial charge in [0.15, 0.2) is 11.4 Å². The third-order valence-corrected chi connectivity index (χ3v) is 13.4. The van der Waals surface area contributed by atoms with Gasteiger partial charge in [-0.3, -0.25) is 38.7 Å². The van der Waals surface area contributed by atoms with Gasteiger partial charge < -0.3 is 66.4 Å². The molecule has 30 nitrogen and oxygen atoms in total. The van der Waals surface area contributed by atoms with Gasteiger partial charge in [-0.15, -0.1) is 0 Å². The van der Waals surface area contributed by atoms with Crippen LogP contribution in [0.2, 0.25) is 0 Å². The molecule has 76 heavy (non-hydrogen) atoms. The fourth-order valence-corrected chi connectivity index (χ4v) is 9.15. The number of carbonyl (C=O) groups excluding carboxylic acids is 2. The van der Waals surface area contributed by atoms with Gasteiger partial charge in [0.05, 0.1) is 58.7 Å². The van der Waals surface area contributed by atoms with Crippen molar-refractivity contribution in [1.29, 1.82) is 0 Å². The van der Waals surface area contributed by atoms with E-state index in [4.69, 9.17) is 20.9 Å². The molecule has 0 atom stereocenters. The molecule has 2 aliphatic heterocycles. The van der Waals surface area contributed by atoms with Crippen LogP contribution in [0.3, 0.4) is 0 Å². The molecule has 0 unspecified atom stereocenters. The summed E-state index contributed by atoms with van der Waals surface area (Å²) in [5.74, 6) is -3.44. The number of ether oxygens (including phenoxy) is 2. The number of carbonyl (C=O) groups is 2. The summed E-state index contributed by atoms with van der Waals surface area (Å²) in [5.41, 5.74) is 12.0. The van der Waals surface area contributed by atoms with Crippen molar-refractivity contribution in [3.8, 4) is 22.6 Å². The van der Waals surface area contributed by atoms with Crippen LogP contribution >= 0.6 is 0 Å². The molecule has 2 saturated heterocycles. The molecule has 36 heteroatoms. The Labute approximate surface area is 456 Å². The monoisotopic (exact) mass is 1250 g/mol. The van der Waals surface area contributed by atoms with Gasteiger partial charge in [-0.1, -0.05) is 12.1 Å². The van der Waals surface area contributed by atoms with Crippen molar-refractivity contribution < 1.29 is 115 Å². The van der Waals surface area contributed by atoms with Crippen LogP contribution in [-0.4, -0.2) is 138 Å². The van der Waals surface area contributed by atoms with Crippen molar-refractivity contribution in [2.24, 2.45) is 10.2 Å². The van der Waals surface area contributed by atoms with E-state index in [2.05, 4.69) is 31.7 Å². The van der Waals surface area contributed by atoms with Crippen LogP contribution in [0.25, 0.3) is 23.3 Å². The number of hydrogen-bond acceptors (Lipinski definition) is 22. The molecule has 30 N–H and O–H groups in total. The summed E-state index contributed by atoms with van der Waals surface area (Å²) in [5, 5.41) is 35.3. The number of nitrogens with one attached hydrogen (secondary N) is 4. The van der Waals surface area contributed by atoms with Gasteiger partial charge in [0.25, 0.3) is 40.5 Å². The number of allylic oxidation sites excluding steroid dienone is 2. The molecule has 0 saturated carbocycles. The smallest absolute Gasteiger partial charge is 0.296 e. The minimum Gasteiger partial charge on any atom is -0.506 e. The fourth-order valence-electron chi connectivity index (χ4n) is 6.73. The topological polar surface area (TPSA) is 581 Å². The summed E-state index contributed by atoms with van der Waals surface area (Å²) in [7, 11) is -20.1. The van der Waals surface area contributed by atoms with Crippen molar-refractivity contribution in [1.82, 2.24) is 35.2 Å². The SMILES string of the molecule is C1COCCN1.C1COCCN1.Nc1cc(S(=O)(=O)O)cc2c1C(=O)C(=NNc1ccc(-c3ccc(NN=C4C(=O)c5c(N)cc(S(=O)(=O)O)cc5C=C4S(=O)(=O)O)c(O)c3)cc1O)C(S(=O)(=O)O)=C2.[Cu].[Cu].[NH4+].[NH4+].[NH4+].[NH4+]. The zero-order chi connectivity index (χ0) is 51.3. The Bertz CT molecular complexity index is 3150. The fraction of sp³-hybridized carbons (Fsp3) is 0.200. The Morgan fingerprint density at radius 1 is 0.500 bits per heavy atom. The van der Waals surface area contributed by atoms with Gasteiger partial charge >= 0.3 is 0 Å². The first kappa shape index (κ1) is 70.2. The van der Waals surface area contributed by atoms with Gasteiger partial charge in [-0.05, 0) is 82.9 Å². The van der Waals surface area contributed by atoms with E-state index < -0.39 is 117 Å². The van der Waals surface area contributed by atoms with E-state index in [1.54, 1.807) is 0 Å². The zero-order valence-electron chi connectivity index (χ0n) is 40.5. The Kier molecular flexibility index (Phi) is 26.4. The first-order valence-electron chi connectivity index (χ1n) is 20.0. The van der Waals surface area contributed by atoms with Crippen LogP contribution in [0, 0.1) is 0 Å². The third kappa shape index (κ3) is 17.1. The van der Waals surface area contributed by atoms with E-state index in [-0.39, 0.29) is 92.4 Å². The molecule has 4 aliphatic rings. The molecule has 0 aromatic heterocycles. The Hall–Kier alpha value is -5.80. The van der Waals surface area contributed by atoms with E-state index in [1.807, 2.05) is 0 Å². The number of Topliss-reactive ketones (excluding diaryl/α,β-unsaturated/α-hetero) is 2. The first-order valence-corrected chi connectivity index (χ1v) is 25.7. The minimum absolute atomic E-state index is 0. The number of aromatic hydroxyl groups is 2. The molecule has 2 aliphatic carbocycles. The van der Waals surface area contributed by atoms with Crippen molar-refractivity contribution in [3.05, 3.63) is 92.7 Å². The molecule has 8 rings (SSSR count). The van der Waals surface area contributed by atoms with Crippen LogP contribution in [0.15, 0.2) is 90.5 Å². The number of ketones is 2. The van der Waals surface area contributed by atoms with E-state index in [0.29, 0.717) is 12.2 Å². The summed E-state index contributed by atoms with van der Waals surface area (Å²) >= 11 is 0. The summed E-state index contributed by atoms with van der Waals surface area (Å²) in [6.07, 6.45) is 1.40. The standard InChI is InChI=1S/C32H24N6O16S4.2C4H9NO.2Cu.4H3N/c33-19-11-17(55(43,44)45)5-15-9-25(57(49,50)51)29(31(41)27(15)19)37-35-21-3-1-13(7-23(21)39)14-2-4-22(24(40)8-14)36-38-30-26(58(52,53)54)10-16-6-18(56(46,47)48)12-20(34)28(16)32(30)42;2*1-3-6-4-2-5-1;;;;;;/h1-12,35-36,39-40H,33-34H2,(H,43,44,45)(H,46,47,48)(H,49,50,51)(H,52,53,54);2*5H,1-4H2;;;4*1H3/p+4. The number of benzene rings is 4. The van der Waals surface area contributed by atoms with Crippen molar-refractivity contribution >= 4 is 98.4 Å². The average Bonchev–Trinajstić information content (AvgIpc) is 3.29. The number of rotatable bonds is 9. The van der Waals surface area contributed by atoms with Gasteiger partial charge in [-0.2, -0.15) is 43.9 Å². The van der Waals surface area contributed by atoms with Crippen LogP contribution in [0.4, 0.5) is 22.7 Å². The Balaban J connectivity index is 0.00000275. The maximum atomic E-state index is 13.3. The molecule has 2 heterocycles. The van der Waals surface area contributed by atoms with Crippen LogP contribution < -0.4 is 57.6 Å². The number of anilines is 4. The summed E-state index contributed by atoms with van der Waals surface area (Å²) in [4.78, 5) is 23.0. The van der Waals surface area contributed by atoms with E-state index in [1.165, 1.54) is 24.3 Å². The number of nitrogens with zero attached hydrogens (tertiary/aromatic N) is 2. The second-order valence-corrected chi connectivity index (χ2v) is 20.5. The molecule has 0 amide bonds. The molecule has 2 fully saturated rings. The summed E-state index contributed by atoms with van der Waals surface area (Å²) in [6.45, 7) is 7.67. The van der Waals surface area contributed by atoms with Gasteiger partial charge in [0.2, 0.25) is 11.6 Å². The molecule has 0 spiro atoms. The number of nitrogens with two attached hydrogens (primary N) is 2. The van der Waals surface area contributed by atoms with Gasteiger partial charge in [0.1, 0.15) is 21.3 Å². The first-order chi connectivity index (χ1) is 32.8. The average molecular weight is 1250 g/mol. The molecule has 428 valence electrons. The largest absolute Gasteiger partial charge is 0.506 e.